The molecule has 0 saturated heterocycles. The highest BCUT2D eigenvalue weighted by molar-refractivity contribution is 6.32. The molecule has 0 atom stereocenters. The Kier molecular flexibility index (Phi) is 11.6. The Balaban J connectivity index is 3.11. The Morgan fingerprint density at radius 3 is 1.63 bits per heavy atom. The first-order chi connectivity index (χ1) is 9.04. The molecule has 3 heteroatoms. The van der Waals surface area contributed by atoms with Crippen molar-refractivity contribution in [3.05, 3.63) is 0 Å². The van der Waals surface area contributed by atoms with E-state index in [1.54, 1.807) is 0 Å². The lowest BCUT2D eigenvalue weighted by Gasteiger charge is -2.04. The van der Waals surface area contributed by atoms with Crippen molar-refractivity contribution in [2.24, 2.45) is 5.92 Å². The van der Waals surface area contributed by atoms with Gasteiger partial charge in [-0.15, -0.1) is 0 Å². The van der Waals surface area contributed by atoms with Gasteiger partial charge in [0.05, 0.1) is 0 Å². The van der Waals surface area contributed by atoms with Gasteiger partial charge in [-0.05, 0) is 12.3 Å². The molecule has 1 N–H and O–H groups in total. The SMILES string of the molecule is CC(C)CCCCCCCCCCCC(=O)C(=O)O. The first kappa shape index (κ1) is 18.1. The van der Waals surface area contributed by atoms with Crippen molar-refractivity contribution in [3.63, 3.8) is 0 Å². The zero-order chi connectivity index (χ0) is 14.5. The van der Waals surface area contributed by atoms with E-state index in [0.717, 1.165) is 25.2 Å². The summed E-state index contributed by atoms with van der Waals surface area (Å²) >= 11 is 0. The fraction of sp³-hybridized carbons (Fsp3) is 0.875. The van der Waals surface area contributed by atoms with Crippen LogP contribution in [0.2, 0.25) is 0 Å². The quantitative estimate of drug-likeness (QED) is 0.393. The molecule has 0 aromatic heterocycles. The van der Waals surface area contributed by atoms with Gasteiger partial charge in [0.15, 0.2) is 0 Å². The predicted octanol–water partition coefficient (Wildman–Crippen LogP) is 4.59. The van der Waals surface area contributed by atoms with E-state index in [1.165, 1.54) is 44.9 Å². The van der Waals surface area contributed by atoms with Gasteiger partial charge < -0.3 is 5.11 Å². The second kappa shape index (κ2) is 12.2. The molecule has 0 aromatic carbocycles. The fourth-order valence-electron chi connectivity index (χ4n) is 2.18. The molecule has 0 saturated carbocycles. The molecule has 0 radical (unpaired) electrons. The lowest BCUT2D eigenvalue weighted by molar-refractivity contribution is -0.149. The van der Waals surface area contributed by atoms with Crippen LogP contribution in [0.25, 0.3) is 0 Å². The molecular weight excluding hydrogens is 240 g/mol. The lowest BCUT2D eigenvalue weighted by atomic mass is 10.0. The first-order valence-corrected chi connectivity index (χ1v) is 7.80. The zero-order valence-electron chi connectivity index (χ0n) is 12.6. The standard InChI is InChI=1S/C16H30O3/c1-14(2)12-10-8-6-4-3-5-7-9-11-13-15(17)16(18)19/h14H,3-13H2,1-2H3,(H,18,19). The van der Waals surface area contributed by atoms with Gasteiger partial charge in [0.2, 0.25) is 5.78 Å². The molecule has 0 spiro atoms. The summed E-state index contributed by atoms with van der Waals surface area (Å²) in [6.45, 7) is 4.55. The molecule has 0 aliphatic heterocycles. The van der Waals surface area contributed by atoms with E-state index in [2.05, 4.69) is 13.8 Å². The molecule has 0 bridgehead atoms. The van der Waals surface area contributed by atoms with Gasteiger partial charge in [0.1, 0.15) is 0 Å². The Bertz CT molecular complexity index is 246. The van der Waals surface area contributed by atoms with E-state index in [9.17, 15) is 9.59 Å². The van der Waals surface area contributed by atoms with Gasteiger partial charge in [0, 0.05) is 6.42 Å². The monoisotopic (exact) mass is 270 g/mol. The van der Waals surface area contributed by atoms with Crippen LogP contribution < -0.4 is 0 Å². The lowest BCUT2D eigenvalue weighted by Crippen LogP contribution is -2.11. The maximum Gasteiger partial charge on any atom is 0.372 e. The van der Waals surface area contributed by atoms with Gasteiger partial charge in [-0.1, -0.05) is 71.6 Å². The second-order valence-electron chi connectivity index (χ2n) is 5.84. The molecule has 0 unspecified atom stereocenters. The van der Waals surface area contributed by atoms with Gasteiger partial charge in [-0.2, -0.15) is 0 Å². The van der Waals surface area contributed by atoms with Crippen molar-refractivity contribution in [3.8, 4) is 0 Å². The van der Waals surface area contributed by atoms with Crippen molar-refractivity contribution < 1.29 is 14.7 Å². The fourth-order valence-corrected chi connectivity index (χ4v) is 2.18. The molecule has 0 aromatic rings. The number of carboxylic acid groups (broad SMARTS) is 1. The number of rotatable bonds is 13. The largest absolute Gasteiger partial charge is 0.476 e. The van der Waals surface area contributed by atoms with E-state index >= 15 is 0 Å². The molecule has 0 aliphatic carbocycles. The zero-order valence-corrected chi connectivity index (χ0v) is 12.6. The molecule has 19 heavy (non-hydrogen) atoms. The predicted molar refractivity (Wildman–Crippen MR) is 78.3 cm³/mol. The average Bonchev–Trinajstić information content (AvgIpc) is 2.35. The number of carbonyl (C=O) groups is 2. The summed E-state index contributed by atoms with van der Waals surface area (Å²) in [5.41, 5.74) is 0. The number of hydrogen-bond donors (Lipinski definition) is 1. The first-order valence-electron chi connectivity index (χ1n) is 7.80. The Morgan fingerprint density at radius 1 is 0.789 bits per heavy atom. The maximum absolute atomic E-state index is 10.8. The summed E-state index contributed by atoms with van der Waals surface area (Å²) < 4.78 is 0. The maximum atomic E-state index is 10.8. The van der Waals surface area contributed by atoms with Gasteiger partial charge in [0.25, 0.3) is 0 Å². The van der Waals surface area contributed by atoms with E-state index in [4.69, 9.17) is 5.11 Å². The highest BCUT2D eigenvalue weighted by atomic mass is 16.4. The molecule has 0 rings (SSSR count). The number of unbranched alkanes of at least 4 members (excludes halogenated alkanes) is 8. The van der Waals surface area contributed by atoms with E-state index in [1.807, 2.05) is 0 Å². The van der Waals surface area contributed by atoms with E-state index in [0.29, 0.717) is 0 Å². The third-order valence-electron chi connectivity index (χ3n) is 3.42. The minimum Gasteiger partial charge on any atom is -0.476 e. The van der Waals surface area contributed by atoms with Gasteiger partial charge in [-0.3, -0.25) is 4.79 Å². The molecule has 3 nitrogen and oxygen atoms in total. The van der Waals surface area contributed by atoms with Crippen molar-refractivity contribution in [1.29, 1.82) is 0 Å². The number of aliphatic carboxylic acids is 1. The number of Topliss-reactive ketones (excluding diaryl/α,β-unsaturated/α-hetero) is 1. The highest BCUT2D eigenvalue weighted by Crippen LogP contribution is 2.13. The molecule has 0 aliphatic rings. The minimum atomic E-state index is -1.29. The van der Waals surface area contributed by atoms with Crippen LogP contribution in [0.4, 0.5) is 0 Å². The van der Waals surface area contributed by atoms with Crippen LogP contribution in [0.3, 0.4) is 0 Å². The summed E-state index contributed by atoms with van der Waals surface area (Å²) in [5, 5.41) is 8.41. The summed E-state index contributed by atoms with van der Waals surface area (Å²) in [7, 11) is 0. The van der Waals surface area contributed by atoms with Crippen LogP contribution in [0, 0.1) is 5.92 Å². The average molecular weight is 270 g/mol. The third-order valence-corrected chi connectivity index (χ3v) is 3.42. The topological polar surface area (TPSA) is 54.4 Å². The van der Waals surface area contributed by atoms with E-state index in [-0.39, 0.29) is 6.42 Å². The number of carbonyl (C=O) groups excluding carboxylic acids is 1. The van der Waals surface area contributed by atoms with E-state index < -0.39 is 11.8 Å². The second-order valence-corrected chi connectivity index (χ2v) is 5.84. The van der Waals surface area contributed by atoms with Crippen LogP contribution in [0.15, 0.2) is 0 Å². The van der Waals surface area contributed by atoms with Crippen molar-refractivity contribution in [2.45, 2.75) is 84.5 Å². The molecule has 0 heterocycles. The van der Waals surface area contributed by atoms with Gasteiger partial charge >= 0.3 is 5.97 Å². The number of carboxylic acids is 1. The Hall–Kier alpha value is -0.860. The molecule has 112 valence electrons. The molecular formula is C16H30O3. The third kappa shape index (κ3) is 13.4. The normalized spacial score (nSPS) is 10.9. The Morgan fingerprint density at radius 2 is 1.21 bits per heavy atom. The highest BCUT2D eigenvalue weighted by Gasteiger charge is 2.09. The van der Waals surface area contributed by atoms with Crippen LogP contribution >= 0.6 is 0 Å². The van der Waals surface area contributed by atoms with Gasteiger partial charge in [-0.25, -0.2) is 4.79 Å². The van der Waals surface area contributed by atoms with Crippen LogP contribution in [0.1, 0.15) is 84.5 Å². The number of ketones is 1. The summed E-state index contributed by atoms with van der Waals surface area (Å²) in [6, 6.07) is 0. The summed E-state index contributed by atoms with van der Waals surface area (Å²) in [4.78, 5) is 21.1. The van der Waals surface area contributed by atoms with Crippen LogP contribution in [0.5, 0.6) is 0 Å². The molecule has 0 fully saturated rings. The van der Waals surface area contributed by atoms with Crippen LogP contribution in [-0.2, 0) is 9.59 Å². The molecule has 0 amide bonds. The van der Waals surface area contributed by atoms with Crippen molar-refractivity contribution in [2.75, 3.05) is 0 Å². The van der Waals surface area contributed by atoms with Crippen LogP contribution in [-0.4, -0.2) is 16.9 Å². The smallest absolute Gasteiger partial charge is 0.372 e. The summed E-state index contributed by atoms with van der Waals surface area (Å²) in [6.07, 6.45) is 12.2. The van der Waals surface area contributed by atoms with Crippen molar-refractivity contribution in [1.82, 2.24) is 0 Å². The summed E-state index contributed by atoms with van der Waals surface area (Å²) in [5.74, 6) is -1.11. The van der Waals surface area contributed by atoms with Crippen molar-refractivity contribution >= 4 is 11.8 Å². The minimum absolute atomic E-state index is 0.199. The Labute approximate surface area is 117 Å². The number of hydrogen-bond acceptors (Lipinski definition) is 2.